The molecule has 218 valence electrons. The molecule has 5 aromatic rings. The Bertz CT molecular complexity index is 1780. The molecule has 3 aromatic heterocycles. The zero-order chi connectivity index (χ0) is 30.2. The summed E-state index contributed by atoms with van der Waals surface area (Å²) in [6.07, 6.45) is -6.35. The van der Waals surface area contributed by atoms with Gasteiger partial charge in [0, 0.05) is 31.6 Å². The molecular formula is C26H18F7N7O2. The maximum atomic E-state index is 14.2. The Morgan fingerprint density at radius 3 is 2.43 bits per heavy atom. The molecule has 0 aliphatic carbocycles. The van der Waals surface area contributed by atoms with E-state index in [1.165, 1.54) is 22.9 Å². The molecule has 2 N–H and O–H groups in total. The zero-order valence-corrected chi connectivity index (χ0v) is 21.3. The van der Waals surface area contributed by atoms with E-state index in [4.69, 9.17) is 4.74 Å². The van der Waals surface area contributed by atoms with E-state index in [1.807, 2.05) is 0 Å². The van der Waals surface area contributed by atoms with Crippen LogP contribution in [0.2, 0.25) is 0 Å². The van der Waals surface area contributed by atoms with E-state index in [1.54, 1.807) is 25.2 Å². The minimum atomic E-state index is -4.65. The highest BCUT2D eigenvalue weighted by Crippen LogP contribution is 2.34. The third-order valence-corrected chi connectivity index (χ3v) is 5.88. The Hall–Kier alpha value is -5.15. The number of amides is 1. The first-order valence-electron chi connectivity index (χ1n) is 11.9. The van der Waals surface area contributed by atoms with Gasteiger partial charge in [-0.05, 0) is 36.4 Å². The lowest BCUT2D eigenvalue weighted by molar-refractivity contribution is -0.141. The van der Waals surface area contributed by atoms with Gasteiger partial charge in [0.15, 0.2) is 5.69 Å². The minimum Gasteiger partial charge on any atom is -0.457 e. The second kappa shape index (κ2) is 10.7. The number of halogens is 7. The number of hydrogen-bond acceptors (Lipinski definition) is 6. The topological polar surface area (TPSA) is 98.9 Å². The summed E-state index contributed by atoms with van der Waals surface area (Å²) in [5.41, 5.74) is -1.61. The summed E-state index contributed by atoms with van der Waals surface area (Å²) in [4.78, 5) is 23.9. The fourth-order valence-electron chi connectivity index (χ4n) is 3.89. The van der Waals surface area contributed by atoms with E-state index in [2.05, 4.69) is 25.6 Å². The number of benzene rings is 2. The SMILES string of the molecule is Cn1c(Nc2cc(C(F)(F)F)ccc2F)nc2cc(Oc3ccnc(NC(=O)Cn4cnc(C(F)(F)F)c4)c3)ccc21. The molecule has 0 fully saturated rings. The van der Waals surface area contributed by atoms with Gasteiger partial charge in [-0.15, -0.1) is 0 Å². The Morgan fingerprint density at radius 1 is 0.952 bits per heavy atom. The number of aryl methyl sites for hydroxylation is 1. The molecule has 0 saturated carbocycles. The number of anilines is 3. The average molecular weight is 593 g/mol. The molecule has 1 amide bonds. The van der Waals surface area contributed by atoms with Crippen LogP contribution < -0.4 is 15.4 Å². The number of fused-ring (bicyclic) bond motifs is 1. The van der Waals surface area contributed by atoms with Gasteiger partial charge in [0.2, 0.25) is 11.9 Å². The van der Waals surface area contributed by atoms with Crippen LogP contribution in [-0.2, 0) is 30.7 Å². The van der Waals surface area contributed by atoms with Crippen molar-refractivity contribution in [3.8, 4) is 11.5 Å². The van der Waals surface area contributed by atoms with Gasteiger partial charge in [-0.3, -0.25) is 4.79 Å². The summed E-state index contributed by atoms with van der Waals surface area (Å²) < 4.78 is 99.9. The summed E-state index contributed by atoms with van der Waals surface area (Å²) in [5.74, 6) is -0.841. The van der Waals surface area contributed by atoms with Crippen LogP contribution in [0.3, 0.4) is 0 Å². The van der Waals surface area contributed by atoms with Crippen LogP contribution in [0, 0.1) is 5.82 Å². The fraction of sp³-hybridized carbons (Fsp3) is 0.154. The Morgan fingerprint density at radius 2 is 1.71 bits per heavy atom. The number of nitrogens with one attached hydrogen (secondary N) is 2. The number of carbonyl (C=O) groups excluding carboxylic acids is 1. The van der Waals surface area contributed by atoms with E-state index in [-0.39, 0.29) is 17.5 Å². The number of imidazole rings is 2. The summed E-state index contributed by atoms with van der Waals surface area (Å²) in [7, 11) is 1.59. The van der Waals surface area contributed by atoms with E-state index < -0.39 is 47.6 Å². The summed E-state index contributed by atoms with van der Waals surface area (Å²) in [6, 6.07) is 9.65. The number of alkyl halides is 6. The minimum absolute atomic E-state index is 0.0715. The Labute approximate surface area is 231 Å². The number of aromatic nitrogens is 5. The monoisotopic (exact) mass is 593 g/mol. The third kappa shape index (κ3) is 6.26. The van der Waals surface area contributed by atoms with Crippen LogP contribution >= 0.6 is 0 Å². The van der Waals surface area contributed by atoms with Gasteiger partial charge in [-0.1, -0.05) is 0 Å². The highest BCUT2D eigenvalue weighted by molar-refractivity contribution is 5.89. The smallest absolute Gasteiger partial charge is 0.434 e. The van der Waals surface area contributed by atoms with Crippen molar-refractivity contribution < 1.29 is 40.3 Å². The van der Waals surface area contributed by atoms with Crippen LogP contribution in [0.15, 0.2) is 67.3 Å². The van der Waals surface area contributed by atoms with Gasteiger partial charge in [-0.25, -0.2) is 19.3 Å². The van der Waals surface area contributed by atoms with Crippen LogP contribution in [0.25, 0.3) is 11.0 Å². The van der Waals surface area contributed by atoms with Crippen molar-refractivity contribution in [2.75, 3.05) is 10.6 Å². The predicted octanol–water partition coefficient (Wildman–Crippen LogP) is 6.52. The first-order chi connectivity index (χ1) is 19.8. The molecule has 3 heterocycles. The molecular weight excluding hydrogens is 575 g/mol. The molecule has 0 bridgehead atoms. The second-order valence-electron chi connectivity index (χ2n) is 8.92. The highest BCUT2D eigenvalue weighted by atomic mass is 19.4. The normalized spacial score (nSPS) is 12.0. The number of ether oxygens (including phenoxy) is 1. The molecule has 9 nitrogen and oxygen atoms in total. The van der Waals surface area contributed by atoms with Crippen LogP contribution in [0.1, 0.15) is 11.3 Å². The van der Waals surface area contributed by atoms with Crippen LogP contribution in [0.4, 0.5) is 48.2 Å². The van der Waals surface area contributed by atoms with Crippen molar-refractivity contribution in [3.63, 3.8) is 0 Å². The molecule has 0 saturated heterocycles. The zero-order valence-electron chi connectivity index (χ0n) is 21.3. The molecule has 0 aliphatic rings. The number of carbonyl (C=O) groups is 1. The quantitative estimate of drug-likeness (QED) is 0.209. The second-order valence-corrected chi connectivity index (χ2v) is 8.92. The molecule has 5 rings (SSSR count). The van der Waals surface area contributed by atoms with Gasteiger partial charge in [-0.2, -0.15) is 26.3 Å². The number of nitrogens with zero attached hydrogens (tertiary/aromatic N) is 5. The Kier molecular flexibility index (Phi) is 7.22. The lowest BCUT2D eigenvalue weighted by Gasteiger charge is -2.11. The lowest BCUT2D eigenvalue weighted by Crippen LogP contribution is -2.18. The van der Waals surface area contributed by atoms with E-state index in [0.717, 1.165) is 10.9 Å². The van der Waals surface area contributed by atoms with Gasteiger partial charge < -0.3 is 24.5 Å². The largest absolute Gasteiger partial charge is 0.457 e. The molecule has 2 aromatic carbocycles. The van der Waals surface area contributed by atoms with Crippen molar-refractivity contribution in [2.24, 2.45) is 7.05 Å². The molecule has 42 heavy (non-hydrogen) atoms. The molecule has 0 radical (unpaired) electrons. The summed E-state index contributed by atoms with van der Waals surface area (Å²) in [6.45, 7) is -0.438. The van der Waals surface area contributed by atoms with Gasteiger partial charge in [0.05, 0.1) is 28.6 Å². The lowest BCUT2D eigenvalue weighted by atomic mass is 10.2. The van der Waals surface area contributed by atoms with Crippen LogP contribution in [-0.4, -0.2) is 30.0 Å². The third-order valence-electron chi connectivity index (χ3n) is 5.88. The Balaban J connectivity index is 1.29. The highest BCUT2D eigenvalue weighted by Gasteiger charge is 2.33. The number of rotatable bonds is 7. The van der Waals surface area contributed by atoms with Crippen LogP contribution in [0.5, 0.6) is 11.5 Å². The van der Waals surface area contributed by atoms with E-state index in [0.29, 0.717) is 41.2 Å². The summed E-state index contributed by atoms with van der Waals surface area (Å²) in [5, 5.41) is 5.05. The summed E-state index contributed by atoms with van der Waals surface area (Å²) >= 11 is 0. The van der Waals surface area contributed by atoms with Crippen molar-refractivity contribution >= 4 is 34.4 Å². The van der Waals surface area contributed by atoms with Gasteiger partial charge in [0.1, 0.15) is 29.7 Å². The van der Waals surface area contributed by atoms with Crippen molar-refractivity contribution in [3.05, 3.63) is 84.3 Å². The molecule has 0 aliphatic heterocycles. The fourth-order valence-corrected chi connectivity index (χ4v) is 3.89. The standard InChI is InChI=1S/C26H18F7N7O2/c1-39-20-5-3-15(9-19(20)37-24(39)36-18-8-14(25(28,29)30)2-4-17(18)27)42-16-6-7-34-22(10-16)38-23(41)12-40-11-21(35-13-40)26(31,32)33/h2-11,13H,12H2,1H3,(H,36,37)(H,34,38,41). The number of pyridine rings is 1. The molecule has 0 spiro atoms. The first-order valence-corrected chi connectivity index (χ1v) is 11.9. The molecule has 0 unspecified atom stereocenters. The predicted molar refractivity (Wildman–Crippen MR) is 136 cm³/mol. The first kappa shape index (κ1) is 28.4. The van der Waals surface area contributed by atoms with Gasteiger partial charge >= 0.3 is 12.4 Å². The van der Waals surface area contributed by atoms with Crippen molar-refractivity contribution in [1.29, 1.82) is 0 Å². The van der Waals surface area contributed by atoms with Crippen molar-refractivity contribution in [1.82, 2.24) is 24.1 Å². The van der Waals surface area contributed by atoms with Crippen molar-refractivity contribution in [2.45, 2.75) is 18.9 Å². The van der Waals surface area contributed by atoms with Gasteiger partial charge in [0.25, 0.3) is 0 Å². The number of hydrogen-bond donors (Lipinski definition) is 2. The van der Waals surface area contributed by atoms with E-state index in [9.17, 15) is 35.5 Å². The molecule has 0 atom stereocenters. The molecule has 16 heteroatoms. The maximum Gasteiger partial charge on any atom is 0.434 e. The average Bonchev–Trinajstić information content (AvgIpc) is 3.49. The maximum absolute atomic E-state index is 14.2. The van der Waals surface area contributed by atoms with E-state index >= 15 is 0 Å².